The molecule has 1 nitrogen and oxygen atoms in total. The summed E-state index contributed by atoms with van der Waals surface area (Å²) in [7, 11) is 2.14. The van der Waals surface area contributed by atoms with E-state index in [4.69, 9.17) is 0 Å². The van der Waals surface area contributed by atoms with E-state index in [1.165, 1.54) is 34.0 Å². The molecule has 0 fully saturated rings. The number of nitrogens with zero attached hydrogens (tertiary/aromatic N) is 1. The molecule has 0 atom stereocenters. The average Bonchev–Trinajstić information content (AvgIpc) is 2.42. The highest BCUT2D eigenvalue weighted by atomic mass is 14.9. The molecule has 0 aliphatic carbocycles. The summed E-state index contributed by atoms with van der Waals surface area (Å²) in [5.41, 5.74) is 5.62. The van der Waals surface area contributed by atoms with Crippen molar-refractivity contribution in [1.29, 1.82) is 0 Å². The number of rotatable bonds is 2. The van der Waals surface area contributed by atoms with E-state index in [-0.39, 0.29) is 0 Å². The van der Waals surface area contributed by atoms with Gasteiger partial charge in [-0.15, -0.1) is 0 Å². The molecule has 1 aromatic carbocycles. The van der Waals surface area contributed by atoms with Crippen LogP contribution in [0.25, 0.3) is 10.9 Å². The SMILES string of the molecule is Cc1cc(C)c2c(CC(C)C)cn(C)c2c1. The zero-order valence-corrected chi connectivity index (χ0v) is 11.0. The first-order chi connectivity index (χ1) is 7.49. The molecule has 0 saturated heterocycles. The zero-order chi connectivity index (χ0) is 11.9. The summed E-state index contributed by atoms with van der Waals surface area (Å²) in [6, 6.07) is 4.57. The third kappa shape index (κ3) is 1.87. The highest BCUT2D eigenvalue weighted by Gasteiger charge is 2.10. The summed E-state index contributed by atoms with van der Waals surface area (Å²) in [5, 5.41) is 1.46. The molecule has 0 radical (unpaired) electrons. The van der Waals surface area contributed by atoms with Crippen LogP contribution in [-0.4, -0.2) is 4.57 Å². The lowest BCUT2D eigenvalue weighted by atomic mass is 9.98. The van der Waals surface area contributed by atoms with E-state index in [1.54, 1.807) is 0 Å². The van der Waals surface area contributed by atoms with Crippen LogP contribution in [0.5, 0.6) is 0 Å². The monoisotopic (exact) mass is 215 g/mol. The third-order valence-electron chi connectivity index (χ3n) is 3.14. The van der Waals surface area contributed by atoms with Gasteiger partial charge < -0.3 is 4.57 Å². The van der Waals surface area contributed by atoms with Crippen molar-refractivity contribution in [1.82, 2.24) is 4.57 Å². The van der Waals surface area contributed by atoms with Gasteiger partial charge in [0, 0.05) is 24.1 Å². The average molecular weight is 215 g/mol. The molecule has 2 rings (SSSR count). The van der Waals surface area contributed by atoms with Crippen LogP contribution >= 0.6 is 0 Å². The molecule has 1 heterocycles. The quantitative estimate of drug-likeness (QED) is 0.713. The number of aromatic nitrogens is 1. The van der Waals surface area contributed by atoms with Gasteiger partial charge in [0.05, 0.1) is 0 Å². The summed E-state index contributed by atoms with van der Waals surface area (Å²) in [4.78, 5) is 0. The largest absolute Gasteiger partial charge is 0.350 e. The van der Waals surface area contributed by atoms with Crippen LogP contribution in [0.2, 0.25) is 0 Å². The van der Waals surface area contributed by atoms with E-state index in [0.29, 0.717) is 5.92 Å². The minimum atomic E-state index is 0.714. The van der Waals surface area contributed by atoms with Crippen molar-refractivity contribution in [3.63, 3.8) is 0 Å². The van der Waals surface area contributed by atoms with Gasteiger partial charge in [-0.2, -0.15) is 0 Å². The van der Waals surface area contributed by atoms with Gasteiger partial charge in [-0.25, -0.2) is 0 Å². The van der Waals surface area contributed by atoms with Crippen molar-refractivity contribution in [3.8, 4) is 0 Å². The molecule has 16 heavy (non-hydrogen) atoms. The summed E-state index contributed by atoms with van der Waals surface area (Å²) >= 11 is 0. The van der Waals surface area contributed by atoms with Gasteiger partial charge in [-0.1, -0.05) is 19.9 Å². The molecular formula is C15H21N. The van der Waals surface area contributed by atoms with Crippen LogP contribution in [0.15, 0.2) is 18.3 Å². The molecule has 0 bridgehead atoms. The maximum atomic E-state index is 2.29. The summed E-state index contributed by atoms with van der Waals surface area (Å²) in [6.45, 7) is 8.95. The Morgan fingerprint density at radius 1 is 1.19 bits per heavy atom. The first-order valence-corrected chi connectivity index (χ1v) is 6.04. The van der Waals surface area contributed by atoms with Crippen LogP contribution in [0.4, 0.5) is 0 Å². The Hall–Kier alpha value is -1.24. The van der Waals surface area contributed by atoms with Crippen LogP contribution in [0.1, 0.15) is 30.5 Å². The molecular weight excluding hydrogens is 194 g/mol. The molecule has 1 aromatic heterocycles. The highest BCUT2D eigenvalue weighted by Crippen LogP contribution is 2.27. The fourth-order valence-electron chi connectivity index (χ4n) is 2.60. The molecule has 0 aliphatic heterocycles. The van der Waals surface area contributed by atoms with E-state index in [2.05, 4.69) is 57.6 Å². The van der Waals surface area contributed by atoms with Crippen molar-refractivity contribution in [2.24, 2.45) is 13.0 Å². The minimum Gasteiger partial charge on any atom is -0.350 e. The Bertz CT molecular complexity index is 518. The van der Waals surface area contributed by atoms with Crippen LogP contribution in [-0.2, 0) is 13.5 Å². The number of hydrogen-bond donors (Lipinski definition) is 0. The lowest BCUT2D eigenvalue weighted by molar-refractivity contribution is 0.648. The summed E-state index contributed by atoms with van der Waals surface area (Å²) < 4.78 is 2.26. The Morgan fingerprint density at radius 3 is 2.50 bits per heavy atom. The smallest absolute Gasteiger partial charge is 0.0485 e. The molecule has 1 heteroatoms. The standard InChI is InChI=1S/C15H21N/c1-10(2)6-13-9-16(5)14-8-11(3)7-12(4)15(13)14/h7-10H,6H2,1-5H3. The van der Waals surface area contributed by atoms with Gasteiger partial charge >= 0.3 is 0 Å². The van der Waals surface area contributed by atoms with Crippen molar-refractivity contribution in [3.05, 3.63) is 35.0 Å². The molecule has 0 saturated carbocycles. The Balaban J connectivity index is 2.68. The molecule has 0 unspecified atom stereocenters. The van der Waals surface area contributed by atoms with E-state index < -0.39 is 0 Å². The van der Waals surface area contributed by atoms with E-state index in [9.17, 15) is 0 Å². The Labute approximate surface area is 98.1 Å². The molecule has 0 amide bonds. The number of hydrogen-bond acceptors (Lipinski definition) is 0. The number of fused-ring (bicyclic) bond motifs is 1. The molecule has 0 spiro atoms. The van der Waals surface area contributed by atoms with Crippen LogP contribution < -0.4 is 0 Å². The van der Waals surface area contributed by atoms with Gasteiger partial charge in [0.25, 0.3) is 0 Å². The lowest BCUT2D eigenvalue weighted by Crippen LogP contribution is -1.93. The molecule has 0 aliphatic rings. The fourth-order valence-corrected chi connectivity index (χ4v) is 2.60. The predicted molar refractivity (Wildman–Crippen MR) is 70.9 cm³/mol. The van der Waals surface area contributed by atoms with Crippen molar-refractivity contribution in [2.75, 3.05) is 0 Å². The van der Waals surface area contributed by atoms with Gasteiger partial charge in [0.1, 0.15) is 0 Å². The second kappa shape index (κ2) is 3.97. The maximum absolute atomic E-state index is 2.29. The Morgan fingerprint density at radius 2 is 1.88 bits per heavy atom. The Kier molecular flexibility index (Phi) is 2.79. The van der Waals surface area contributed by atoms with Crippen molar-refractivity contribution >= 4 is 10.9 Å². The van der Waals surface area contributed by atoms with E-state index in [0.717, 1.165) is 0 Å². The van der Waals surface area contributed by atoms with Gasteiger partial charge in [0.2, 0.25) is 0 Å². The lowest BCUT2D eigenvalue weighted by Gasteiger charge is -2.06. The normalized spacial score (nSPS) is 11.6. The predicted octanol–water partition coefficient (Wildman–Crippen LogP) is 3.99. The van der Waals surface area contributed by atoms with Gasteiger partial charge in [-0.3, -0.25) is 0 Å². The first-order valence-electron chi connectivity index (χ1n) is 6.04. The zero-order valence-electron chi connectivity index (χ0n) is 11.0. The number of aryl methyl sites for hydroxylation is 3. The number of benzene rings is 1. The molecule has 0 N–H and O–H groups in total. The molecule has 86 valence electrons. The van der Waals surface area contributed by atoms with Crippen LogP contribution in [0.3, 0.4) is 0 Å². The third-order valence-corrected chi connectivity index (χ3v) is 3.14. The molecule has 2 aromatic rings. The van der Waals surface area contributed by atoms with Crippen LogP contribution in [0, 0.1) is 19.8 Å². The van der Waals surface area contributed by atoms with E-state index >= 15 is 0 Å². The maximum Gasteiger partial charge on any atom is 0.0485 e. The topological polar surface area (TPSA) is 4.93 Å². The minimum absolute atomic E-state index is 0.714. The summed E-state index contributed by atoms with van der Waals surface area (Å²) in [6.07, 6.45) is 3.46. The van der Waals surface area contributed by atoms with Gasteiger partial charge in [0.15, 0.2) is 0 Å². The van der Waals surface area contributed by atoms with Crippen molar-refractivity contribution < 1.29 is 0 Å². The second-order valence-corrected chi connectivity index (χ2v) is 5.34. The second-order valence-electron chi connectivity index (χ2n) is 5.34. The first kappa shape index (κ1) is 11.3. The van der Waals surface area contributed by atoms with Crippen molar-refractivity contribution in [2.45, 2.75) is 34.1 Å². The summed E-state index contributed by atoms with van der Waals surface area (Å²) in [5.74, 6) is 0.714. The van der Waals surface area contributed by atoms with E-state index in [1.807, 2.05) is 0 Å². The van der Waals surface area contributed by atoms with Gasteiger partial charge in [-0.05, 0) is 48.9 Å². The fraction of sp³-hybridized carbons (Fsp3) is 0.467. The highest BCUT2D eigenvalue weighted by molar-refractivity contribution is 5.87.